The van der Waals surface area contributed by atoms with E-state index in [4.69, 9.17) is 9.47 Å². The van der Waals surface area contributed by atoms with E-state index in [-0.39, 0.29) is 24.0 Å². The predicted molar refractivity (Wildman–Crippen MR) is 113 cm³/mol. The average Bonchev–Trinajstić information content (AvgIpc) is 3.34. The van der Waals surface area contributed by atoms with E-state index in [9.17, 15) is 0 Å². The number of hydrogen-bond donors (Lipinski definition) is 1. The SMILES string of the molecule is CCOC(CCNC(=NC)N1CCC2(CCOC2)C1)C1CCCC1.I. The molecule has 0 amide bonds. The lowest BCUT2D eigenvalue weighted by Gasteiger charge is -2.27. The Morgan fingerprint density at radius 2 is 2.16 bits per heavy atom. The maximum atomic E-state index is 6.03. The molecule has 146 valence electrons. The Hall–Kier alpha value is -0.0800. The second kappa shape index (κ2) is 10.3. The minimum absolute atomic E-state index is 0. The second-order valence-corrected chi connectivity index (χ2v) is 7.78. The lowest BCUT2D eigenvalue weighted by molar-refractivity contribution is 0.0169. The standard InChI is InChI=1S/C19H35N3O2.HI/c1-3-24-17(16-6-4-5-7-16)8-11-21-18(20-2)22-12-9-19(14-22)10-13-23-15-19;/h16-17H,3-15H2,1-2H3,(H,20,21);1H. The summed E-state index contributed by atoms with van der Waals surface area (Å²) < 4.78 is 11.7. The number of nitrogens with one attached hydrogen (secondary N) is 1. The smallest absolute Gasteiger partial charge is 0.193 e. The summed E-state index contributed by atoms with van der Waals surface area (Å²) in [6.45, 7) is 7.93. The molecule has 2 aliphatic heterocycles. The van der Waals surface area contributed by atoms with Crippen molar-refractivity contribution in [3.05, 3.63) is 0 Å². The minimum Gasteiger partial charge on any atom is -0.381 e. The van der Waals surface area contributed by atoms with E-state index in [0.29, 0.717) is 11.5 Å². The van der Waals surface area contributed by atoms with Crippen molar-refractivity contribution in [2.24, 2.45) is 16.3 Å². The monoisotopic (exact) mass is 465 g/mol. The highest BCUT2D eigenvalue weighted by Crippen LogP contribution is 2.38. The summed E-state index contributed by atoms with van der Waals surface area (Å²) in [4.78, 5) is 6.93. The van der Waals surface area contributed by atoms with E-state index in [1.807, 2.05) is 7.05 Å². The van der Waals surface area contributed by atoms with Crippen LogP contribution in [-0.4, -0.2) is 63.5 Å². The van der Waals surface area contributed by atoms with Gasteiger partial charge in [0.25, 0.3) is 0 Å². The summed E-state index contributed by atoms with van der Waals surface area (Å²) in [6, 6.07) is 0. The summed E-state index contributed by atoms with van der Waals surface area (Å²) in [5.41, 5.74) is 0.384. The molecule has 0 aromatic heterocycles. The Labute approximate surface area is 170 Å². The highest BCUT2D eigenvalue weighted by atomic mass is 127. The van der Waals surface area contributed by atoms with E-state index in [1.54, 1.807) is 0 Å². The highest BCUT2D eigenvalue weighted by Gasteiger charge is 2.42. The number of aliphatic imine (C=N–C) groups is 1. The Morgan fingerprint density at radius 1 is 1.36 bits per heavy atom. The lowest BCUT2D eigenvalue weighted by atomic mass is 9.87. The highest BCUT2D eigenvalue weighted by molar-refractivity contribution is 14.0. The van der Waals surface area contributed by atoms with E-state index < -0.39 is 0 Å². The zero-order valence-electron chi connectivity index (χ0n) is 16.0. The van der Waals surface area contributed by atoms with E-state index in [1.165, 1.54) is 38.5 Å². The Bertz CT molecular complexity index is 421. The third-order valence-electron chi connectivity index (χ3n) is 6.15. The molecule has 1 aliphatic carbocycles. The number of guanidine groups is 1. The number of hydrogen-bond acceptors (Lipinski definition) is 3. The van der Waals surface area contributed by atoms with Crippen LogP contribution in [0.15, 0.2) is 4.99 Å². The zero-order valence-corrected chi connectivity index (χ0v) is 18.3. The maximum absolute atomic E-state index is 6.03. The molecule has 3 fully saturated rings. The van der Waals surface area contributed by atoms with Gasteiger partial charge in [0, 0.05) is 45.3 Å². The van der Waals surface area contributed by atoms with Crippen molar-refractivity contribution in [3.63, 3.8) is 0 Å². The number of nitrogens with zero attached hydrogens (tertiary/aromatic N) is 2. The van der Waals surface area contributed by atoms with Gasteiger partial charge in [0.2, 0.25) is 0 Å². The van der Waals surface area contributed by atoms with E-state index in [0.717, 1.165) is 57.8 Å². The van der Waals surface area contributed by atoms with Crippen molar-refractivity contribution in [2.75, 3.05) is 46.5 Å². The van der Waals surface area contributed by atoms with Crippen LogP contribution in [0.1, 0.15) is 51.9 Å². The maximum Gasteiger partial charge on any atom is 0.193 e. The molecule has 0 aromatic rings. The normalized spacial score (nSPS) is 28.6. The van der Waals surface area contributed by atoms with Crippen LogP contribution in [0.5, 0.6) is 0 Å². The topological polar surface area (TPSA) is 46.1 Å². The molecular weight excluding hydrogens is 429 g/mol. The molecule has 2 heterocycles. The van der Waals surface area contributed by atoms with Gasteiger partial charge in [-0.05, 0) is 44.9 Å². The molecule has 0 aromatic carbocycles. The van der Waals surface area contributed by atoms with Crippen molar-refractivity contribution in [3.8, 4) is 0 Å². The Kier molecular flexibility index (Phi) is 8.75. The lowest BCUT2D eigenvalue weighted by Crippen LogP contribution is -2.42. The van der Waals surface area contributed by atoms with Gasteiger partial charge in [-0.3, -0.25) is 4.99 Å². The average molecular weight is 465 g/mol. The van der Waals surface area contributed by atoms with Gasteiger partial charge in [-0.1, -0.05) is 12.8 Å². The number of halogens is 1. The summed E-state index contributed by atoms with van der Waals surface area (Å²) in [7, 11) is 1.90. The molecule has 2 atom stereocenters. The molecule has 3 aliphatic rings. The summed E-state index contributed by atoms with van der Waals surface area (Å²) in [5.74, 6) is 1.82. The first-order valence-corrected chi connectivity index (χ1v) is 9.91. The van der Waals surface area contributed by atoms with Crippen molar-refractivity contribution in [2.45, 2.75) is 58.0 Å². The van der Waals surface area contributed by atoms with Crippen LogP contribution in [0.4, 0.5) is 0 Å². The molecule has 2 unspecified atom stereocenters. The number of likely N-dealkylation sites (tertiary alicyclic amines) is 1. The molecule has 1 N–H and O–H groups in total. The number of rotatable bonds is 6. The van der Waals surface area contributed by atoms with Crippen molar-refractivity contribution in [1.82, 2.24) is 10.2 Å². The quantitative estimate of drug-likeness (QED) is 0.372. The summed E-state index contributed by atoms with van der Waals surface area (Å²) in [5, 5.41) is 3.59. The fourth-order valence-corrected chi connectivity index (χ4v) is 4.74. The molecule has 3 rings (SSSR count). The molecule has 1 spiro atoms. The third kappa shape index (κ3) is 5.45. The van der Waals surface area contributed by atoms with Gasteiger partial charge in [-0.25, -0.2) is 0 Å². The molecule has 1 saturated carbocycles. The van der Waals surface area contributed by atoms with Crippen LogP contribution in [0, 0.1) is 11.3 Å². The second-order valence-electron chi connectivity index (χ2n) is 7.78. The molecule has 0 radical (unpaired) electrons. The first kappa shape index (κ1) is 21.2. The van der Waals surface area contributed by atoms with Crippen LogP contribution in [-0.2, 0) is 9.47 Å². The Balaban J connectivity index is 0.00000225. The van der Waals surface area contributed by atoms with Gasteiger partial charge in [-0.2, -0.15) is 0 Å². The first-order chi connectivity index (χ1) is 11.8. The first-order valence-electron chi connectivity index (χ1n) is 9.91. The number of ether oxygens (including phenoxy) is 2. The van der Waals surface area contributed by atoms with Gasteiger partial charge in [-0.15, -0.1) is 24.0 Å². The van der Waals surface area contributed by atoms with Gasteiger partial charge >= 0.3 is 0 Å². The largest absolute Gasteiger partial charge is 0.381 e. The van der Waals surface area contributed by atoms with Crippen LogP contribution in [0.25, 0.3) is 0 Å². The van der Waals surface area contributed by atoms with Crippen LogP contribution in [0.3, 0.4) is 0 Å². The van der Waals surface area contributed by atoms with Crippen LogP contribution >= 0.6 is 24.0 Å². The third-order valence-corrected chi connectivity index (χ3v) is 6.15. The van der Waals surface area contributed by atoms with Crippen LogP contribution in [0.2, 0.25) is 0 Å². The molecule has 25 heavy (non-hydrogen) atoms. The van der Waals surface area contributed by atoms with Gasteiger partial charge in [0.1, 0.15) is 0 Å². The predicted octanol–water partition coefficient (Wildman–Crippen LogP) is 3.28. The van der Waals surface area contributed by atoms with Crippen molar-refractivity contribution in [1.29, 1.82) is 0 Å². The van der Waals surface area contributed by atoms with E-state index in [2.05, 4.69) is 22.1 Å². The van der Waals surface area contributed by atoms with E-state index >= 15 is 0 Å². The van der Waals surface area contributed by atoms with Gasteiger partial charge < -0.3 is 19.7 Å². The minimum atomic E-state index is 0. The fourth-order valence-electron chi connectivity index (χ4n) is 4.74. The molecular formula is C19H36IN3O2. The van der Waals surface area contributed by atoms with Crippen molar-refractivity contribution >= 4 is 29.9 Å². The zero-order chi connectivity index (χ0) is 16.8. The Morgan fingerprint density at radius 3 is 2.80 bits per heavy atom. The summed E-state index contributed by atoms with van der Waals surface area (Å²) in [6.07, 6.45) is 9.37. The van der Waals surface area contributed by atoms with Gasteiger partial charge in [0.15, 0.2) is 5.96 Å². The molecule has 5 nitrogen and oxygen atoms in total. The van der Waals surface area contributed by atoms with Crippen LogP contribution < -0.4 is 5.32 Å². The molecule has 2 saturated heterocycles. The molecule has 6 heteroatoms. The fraction of sp³-hybridized carbons (Fsp3) is 0.947. The van der Waals surface area contributed by atoms with Crippen molar-refractivity contribution < 1.29 is 9.47 Å². The van der Waals surface area contributed by atoms with Gasteiger partial charge in [0.05, 0.1) is 12.7 Å². The summed E-state index contributed by atoms with van der Waals surface area (Å²) >= 11 is 0. The molecule has 0 bridgehead atoms.